The molecule has 1 aromatic carbocycles. The highest BCUT2D eigenvalue weighted by Crippen LogP contribution is 2.17. The molecule has 5 nitrogen and oxygen atoms in total. The highest BCUT2D eigenvalue weighted by molar-refractivity contribution is 5.78. The zero-order valence-electron chi connectivity index (χ0n) is 14.1. The van der Waals surface area contributed by atoms with E-state index in [9.17, 15) is 14.0 Å². The van der Waals surface area contributed by atoms with E-state index in [1.807, 2.05) is 6.92 Å². The number of hydrogen-bond acceptors (Lipinski definition) is 2. The van der Waals surface area contributed by atoms with Crippen molar-refractivity contribution in [2.24, 2.45) is 0 Å². The molecule has 1 aliphatic carbocycles. The Morgan fingerprint density at radius 1 is 1.17 bits per heavy atom. The molecule has 0 aliphatic heterocycles. The van der Waals surface area contributed by atoms with E-state index in [0.29, 0.717) is 6.54 Å². The van der Waals surface area contributed by atoms with E-state index in [0.717, 1.165) is 31.2 Å². The summed E-state index contributed by atoms with van der Waals surface area (Å²) in [5, 5.41) is 8.51. The highest BCUT2D eigenvalue weighted by Gasteiger charge is 2.15. The monoisotopic (exact) mass is 335 g/mol. The molecule has 0 radical (unpaired) electrons. The molecule has 132 valence electrons. The Balaban J connectivity index is 1.63. The van der Waals surface area contributed by atoms with Crippen molar-refractivity contribution >= 4 is 11.9 Å². The van der Waals surface area contributed by atoms with Gasteiger partial charge in [0.15, 0.2) is 0 Å². The lowest BCUT2D eigenvalue weighted by Gasteiger charge is -2.22. The fourth-order valence-corrected chi connectivity index (χ4v) is 2.92. The molecule has 6 heteroatoms. The number of amides is 3. The number of urea groups is 1. The average molecular weight is 335 g/mol. The molecule has 1 aromatic rings. The smallest absolute Gasteiger partial charge is 0.315 e. The lowest BCUT2D eigenvalue weighted by Crippen LogP contribution is -2.43. The second kappa shape index (κ2) is 9.25. The van der Waals surface area contributed by atoms with Crippen LogP contribution in [0.3, 0.4) is 0 Å². The van der Waals surface area contributed by atoms with Gasteiger partial charge in [-0.05, 0) is 37.5 Å². The molecule has 1 fully saturated rings. The Hall–Kier alpha value is -2.11. The standard InChI is InChI=1S/C18H26FN3O2/c1-13(14-7-9-15(19)10-8-14)21-17(23)11-12-20-18(24)22-16-5-3-2-4-6-16/h7-10,13,16H,2-6,11-12H2,1H3,(H,21,23)(H2,20,22,24). The summed E-state index contributed by atoms with van der Waals surface area (Å²) < 4.78 is 12.9. The molecular formula is C18H26FN3O2. The first kappa shape index (κ1) is 18.2. The maximum Gasteiger partial charge on any atom is 0.315 e. The third kappa shape index (κ3) is 6.18. The molecule has 1 atom stereocenters. The van der Waals surface area contributed by atoms with Crippen LogP contribution in [-0.4, -0.2) is 24.5 Å². The number of rotatable bonds is 6. The van der Waals surface area contributed by atoms with Crippen molar-refractivity contribution in [2.75, 3.05) is 6.54 Å². The Morgan fingerprint density at radius 2 is 1.83 bits per heavy atom. The van der Waals surface area contributed by atoms with Crippen molar-refractivity contribution in [1.29, 1.82) is 0 Å². The van der Waals surface area contributed by atoms with Crippen molar-refractivity contribution < 1.29 is 14.0 Å². The van der Waals surface area contributed by atoms with Gasteiger partial charge in [0.2, 0.25) is 5.91 Å². The predicted octanol–water partition coefficient (Wildman–Crippen LogP) is 3.02. The Labute approximate surface area is 142 Å². The van der Waals surface area contributed by atoms with Crippen LogP contribution in [0.15, 0.2) is 24.3 Å². The van der Waals surface area contributed by atoms with Gasteiger partial charge in [-0.3, -0.25) is 4.79 Å². The maximum absolute atomic E-state index is 12.9. The van der Waals surface area contributed by atoms with E-state index in [1.165, 1.54) is 18.6 Å². The first-order valence-corrected chi connectivity index (χ1v) is 8.64. The summed E-state index contributed by atoms with van der Waals surface area (Å²) in [7, 11) is 0. The molecule has 0 spiro atoms. The Kier molecular flexibility index (Phi) is 7.03. The fraction of sp³-hybridized carbons (Fsp3) is 0.556. The SMILES string of the molecule is CC(NC(=O)CCNC(=O)NC1CCCCC1)c1ccc(F)cc1. The molecule has 0 saturated heterocycles. The minimum atomic E-state index is -0.301. The minimum absolute atomic E-state index is 0.148. The molecule has 2 rings (SSSR count). The average Bonchev–Trinajstić information content (AvgIpc) is 2.56. The zero-order valence-corrected chi connectivity index (χ0v) is 14.1. The van der Waals surface area contributed by atoms with Gasteiger partial charge in [-0.15, -0.1) is 0 Å². The molecule has 3 N–H and O–H groups in total. The van der Waals surface area contributed by atoms with Crippen LogP contribution in [0.1, 0.15) is 57.1 Å². The third-order valence-corrected chi connectivity index (χ3v) is 4.33. The summed E-state index contributed by atoms with van der Waals surface area (Å²) in [5.41, 5.74) is 0.841. The van der Waals surface area contributed by atoms with Gasteiger partial charge in [-0.2, -0.15) is 0 Å². The number of carbonyl (C=O) groups excluding carboxylic acids is 2. The molecule has 1 unspecified atom stereocenters. The number of benzene rings is 1. The summed E-state index contributed by atoms with van der Waals surface area (Å²) in [6, 6.07) is 5.89. The molecular weight excluding hydrogens is 309 g/mol. The fourth-order valence-electron chi connectivity index (χ4n) is 2.92. The molecule has 3 amide bonds. The molecule has 24 heavy (non-hydrogen) atoms. The highest BCUT2D eigenvalue weighted by atomic mass is 19.1. The summed E-state index contributed by atoms with van der Waals surface area (Å²) in [6.07, 6.45) is 5.84. The molecule has 1 saturated carbocycles. The summed E-state index contributed by atoms with van der Waals surface area (Å²) in [5.74, 6) is -0.449. The van der Waals surface area contributed by atoms with Crippen molar-refractivity contribution in [1.82, 2.24) is 16.0 Å². The topological polar surface area (TPSA) is 70.2 Å². The zero-order chi connectivity index (χ0) is 17.4. The largest absolute Gasteiger partial charge is 0.350 e. The number of carbonyl (C=O) groups is 2. The molecule has 0 aromatic heterocycles. The molecule has 0 heterocycles. The van der Waals surface area contributed by atoms with Gasteiger partial charge in [0, 0.05) is 19.0 Å². The predicted molar refractivity (Wildman–Crippen MR) is 91.0 cm³/mol. The van der Waals surface area contributed by atoms with Crippen LogP contribution in [0.4, 0.5) is 9.18 Å². The third-order valence-electron chi connectivity index (χ3n) is 4.33. The first-order valence-electron chi connectivity index (χ1n) is 8.64. The summed E-state index contributed by atoms with van der Waals surface area (Å²) in [6.45, 7) is 2.13. The van der Waals surface area contributed by atoms with Crippen LogP contribution >= 0.6 is 0 Å². The quantitative estimate of drug-likeness (QED) is 0.748. The van der Waals surface area contributed by atoms with E-state index < -0.39 is 0 Å². The lowest BCUT2D eigenvalue weighted by molar-refractivity contribution is -0.121. The van der Waals surface area contributed by atoms with Crippen molar-refractivity contribution in [2.45, 2.75) is 57.5 Å². The maximum atomic E-state index is 12.9. The van der Waals surface area contributed by atoms with Gasteiger partial charge >= 0.3 is 6.03 Å². The molecule has 0 bridgehead atoms. The van der Waals surface area contributed by atoms with Crippen LogP contribution in [0, 0.1) is 5.82 Å². The normalized spacial score (nSPS) is 16.2. The molecule has 1 aliphatic rings. The van der Waals surface area contributed by atoms with E-state index in [-0.39, 0.29) is 36.3 Å². The lowest BCUT2D eigenvalue weighted by atomic mass is 9.96. The van der Waals surface area contributed by atoms with Crippen LogP contribution in [0.5, 0.6) is 0 Å². The van der Waals surface area contributed by atoms with Crippen LogP contribution in [0.25, 0.3) is 0 Å². The van der Waals surface area contributed by atoms with Gasteiger partial charge in [-0.25, -0.2) is 9.18 Å². The summed E-state index contributed by atoms with van der Waals surface area (Å²) in [4.78, 5) is 23.7. The van der Waals surface area contributed by atoms with Crippen molar-refractivity contribution in [3.8, 4) is 0 Å². The van der Waals surface area contributed by atoms with Crippen LogP contribution in [-0.2, 0) is 4.79 Å². The number of halogens is 1. The van der Waals surface area contributed by atoms with E-state index in [4.69, 9.17) is 0 Å². The van der Waals surface area contributed by atoms with Gasteiger partial charge in [-0.1, -0.05) is 31.4 Å². The summed E-state index contributed by atoms with van der Waals surface area (Å²) >= 11 is 0. The first-order chi connectivity index (χ1) is 11.5. The van der Waals surface area contributed by atoms with E-state index in [1.54, 1.807) is 12.1 Å². The number of nitrogens with one attached hydrogen (secondary N) is 3. The van der Waals surface area contributed by atoms with Gasteiger partial charge < -0.3 is 16.0 Å². The minimum Gasteiger partial charge on any atom is -0.350 e. The van der Waals surface area contributed by atoms with Crippen LogP contribution < -0.4 is 16.0 Å². The Morgan fingerprint density at radius 3 is 2.50 bits per heavy atom. The van der Waals surface area contributed by atoms with Gasteiger partial charge in [0.1, 0.15) is 5.82 Å². The van der Waals surface area contributed by atoms with Gasteiger partial charge in [0.25, 0.3) is 0 Å². The second-order valence-electron chi connectivity index (χ2n) is 6.33. The van der Waals surface area contributed by atoms with Crippen molar-refractivity contribution in [3.63, 3.8) is 0 Å². The van der Waals surface area contributed by atoms with Gasteiger partial charge in [0.05, 0.1) is 6.04 Å². The van der Waals surface area contributed by atoms with Crippen LogP contribution in [0.2, 0.25) is 0 Å². The van der Waals surface area contributed by atoms with E-state index >= 15 is 0 Å². The van der Waals surface area contributed by atoms with Crippen molar-refractivity contribution in [3.05, 3.63) is 35.6 Å². The number of hydrogen-bond donors (Lipinski definition) is 3. The second-order valence-corrected chi connectivity index (χ2v) is 6.33. The van der Waals surface area contributed by atoms with E-state index in [2.05, 4.69) is 16.0 Å². The Bertz CT molecular complexity index is 542.